The van der Waals surface area contributed by atoms with Crippen molar-refractivity contribution in [3.63, 3.8) is 0 Å². The Morgan fingerprint density at radius 3 is 2.95 bits per heavy atom. The fourth-order valence-corrected chi connectivity index (χ4v) is 2.33. The summed E-state index contributed by atoms with van der Waals surface area (Å²) in [5.41, 5.74) is -0.0860. The first-order valence-electron chi connectivity index (χ1n) is 6.70. The lowest BCUT2D eigenvalue weighted by Gasteiger charge is -2.20. The van der Waals surface area contributed by atoms with Crippen LogP contribution in [-0.2, 0) is 11.3 Å². The third-order valence-electron chi connectivity index (χ3n) is 3.75. The molecule has 1 saturated heterocycles. The number of hydrogen-bond acceptors (Lipinski definition) is 4. The maximum Gasteiger partial charge on any atom is 0.317 e. The molecule has 1 aliphatic heterocycles. The van der Waals surface area contributed by atoms with Crippen LogP contribution in [0.2, 0.25) is 0 Å². The summed E-state index contributed by atoms with van der Waals surface area (Å²) in [6, 6.07) is 3.31. The number of carbonyl (C=O) groups excluding carboxylic acids is 1. The minimum atomic E-state index is -0.869. The highest BCUT2D eigenvalue weighted by Crippen LogP contribution is 2.30. The van der Waals surface area contributed by atoms with Crippen LogP contribution >= 0.6 is 0 Å². The number of aromatic nitrogens is 1. The van der Waals surface area contributed by atoms with Gasteiger partial charge >= 0.3 is 12.0 Å². The van der Waals surface area contributed by atoms with E-state index >= 15 is 0 Å². The highest BCUT2D eigenvalue weighted by atomic mass is 16.5. The summed E-state index contributed by atoms with van der Waals surface area (Å²) < 4.78 is 5.11. The minimum absolute atomic E-state index is 0.221. The van der Waals surface area contributed by atoms with E-state index in [-0.39, 0.29) is 19.1 Å². The minimum Gasteiger partial charge on any atom is -0.481 e. The number of nitrogens with zero attached hydrogens (tertiary/aromatic N) is 2. The average molecular weight is 293 g/mol. The molecule has 1 aromatic rings. The van der Waals surface area contributed by atoms with Crippen molar-refractivity contribution in [3.8, 4) is 5.88 Å². The number of pyridine rings is 1. The maximum atomic E-state index is 12.1. The number of urea groups is 1. The van der Waals surface area contributed by atoms with E-state index in [2.05, 4.69) is 10.3 Å². The molecule has 21 heavy (non-hydrogen) atoms. The Morgan fingerprint density at radius 1 is 1.57 bits per heavy atom. The normalized spacial score (nSPS) is 21.1. The highest BCUT2D eigenvalue weighted by molar-refractivity contribution is 5.79. The van der Waals surface area contributed by atoms with Crippen molar-refractivity contribution in [2.75, 3.05) is 20.2 Å². The molecular weight excluding hydrogens is 274 g/mol. The van der Waals surface area contributed by atoms with E-state index in [1.54, 1.807) is 19.2 Å². The van der Waals surface area contributed by atoms with Crippen LogP contribution in [0, 0.1) is 5.41 Å². The van der Waals surface area contributed by atoms with Crippen LogP contribution in [0.15, 0.2) is 18.3 Å². The van der Waals surface area contributed by atoms with Crippen LogP contribution < -0.4 is 10.1 Å². The number of methoxy groups -OCH3 is 1. The summed E-state index contributed by atoms with van der Waals surface area (Å²) in [4.78, 5) is 28.8. The molecule has 1 fully saturated rings. The molecule has 2 amide bonds. The van der Waals surface area contributed by atoms with E-state index in [1.807, 2.05) is 6.07 Å². The van der Waals surface area contributed by atoms with Crippen LogP contribution in [-0.4, -0.2) is 47.2 Å². The zero-order valence-electron chi connectivity index (χ0n) is 12.1. The van der Waals surface area contributed by atoms with Crippen LogP contribution in [0.4, 0.5) is 4.79 Å². The van der Waals surface area contributed by atoms with Gasteiger partial charge in [-0.1, -0.05) is 6.07 Å². The molecule has 1 aromatic heterocycles. The second kappa shape index (κ2) is 5.99. The monoisotopic (exact) mass is 293 g/mol. The van der Waals surface area contributed by atoms with E-state index in [0.717, 1.165) is 5.56 Å². The van der Waals surface area contributed by atoms with Gasteiger partial charge in [0.2, 0.25) is 5.88 Å². The summed E-state index contributed by atoms with van der Waals surface area (Å²) in [6.07, 6.45) is 2.08. The van der Waals surface area contributed by atoms with Gasteiger partial charge in [0.25, 0.3) is 0 Å². The number of carboxylic acid groups (broad SMARTS) is 1. The predicted molar refractivity (Wildman–Crippen MR) is 75.0 cm³/mol. The van der Waals surface area contributed by atoms with Gasteiger partial charge in [-0.3, -0.25) is 4.79 Å². The second-order valence-electron chi connectivity index (χ2n) is 5.37. The maximum absolute atomic E-state index is 12.1. The summed E-state index contributed by atoms with van der Waals surface area (Å²) >= 11 is 0. The van der Waals surface area contributed by atoms with Crippen molar-refractivity contribution in [2.24, 2.45) is 5.41 Å². The molecular formula is C14H19N3O4. The first kappa shape index (κ1) is 15.1. The Balaban J connectivity index is 1.93. The largest absolute Gasteiger partial charge is 0.481 e. The molecule has 2 N–H and O–H groups in total. The molecule has 2 heterocycles. The van der Waals surface area contributed by atoms with Crippen molar-refractivity contribution in [1.29, 1.82) is 0 Å². The SMILES string of the molecule is COc1ncccc1CNC(=O)N1CCC(C)(C(=O)O)C1. The zero-order chi connectivity index (χ0) is 15.5. The standard InChI is InChI=1S/C14H19N3O4/c1-14(12(18)19)5-7-17(9-14)13(20)16-8-10-4-3-6-15-11(10)21-2/h3-4,6H,5,7-9H2,1-2H3,(H,16,20)(H,18,19). The van der Waals surface area contributed by atoms with E-state index in [4.69, 9.17) is 9.84 Å². The quantitative estimate of drug-likeness (QED) is 0.867. The molecule has 0 bridgehead atoms. The van der Waals surface area contributed by atoms with E-state index in [1.165, 1.54) is 12.0 Å². The molecule has 1 aliphatic rings. The molecule has 0 aliphatic carbocycles. The Kier molecular flexibility index (Phi) is 4.30. The van der Waals surface area contributed by atoms with E-state index in [9.17, 15) is 9.59 Å². The molecule has 0 aromatic carbocycles. The second-order valence-corrected chi connectivity index (χ2v) is 5.37. The first-order chi connectivity index (χ1) is 9.96. The van der Waals surface area contributed by atoms with Gasteiger partial charge in [-0.15, -0.1) is 0 Å². The van der Waals surface area contributed by atoms with Gasteiger partial charge in [0.15, 0.2) is 0 Å². The predicted octanol–water partition coefficient (Wildman–Crippen LogP) is 1.10. The summed E-state index contributed by atoms with van der Waals surface area (Å²) in [6.45, 7) is 2.61. The van der Waals surface area contributed by atoms with Crippen LogP contribution in [0.1, 0.15) is 18.9 Å². The highest BCUT2D eigenvalue weighted by Gasteiger charge is 2.42. The lowest BCUT2D eigenvalue weighted by Crippen LogP contribution is -2.40. The third kappa shape index (κ3) is 3.24. The number of nitrogens with one attached hydrogen (secondary N) is 1. The van der Waals surface area contributed by atoms with Crippen molar-refractivity contribution in [2.45, 2.75) is 19.9 Å². The van der Waals surface area contributed by atoms with Gasteiger partial charge in [0.1, 0.15) is 0 Å². The number of likely N-dealkylation sites (tertiary alicyclic amines) is 1. The number of aliphatic carboxylic acids is 1. The summed E-state index contributed by atoms with van der Waals surface area (Å²) in [5.74, 6) is -0.402. The third-order valence-corrected chi connectivity index (χ3v) is 3.75. The fourth-order valence-electron chi connectivity index (χ4n) is 2.33. The van der Waals surface area contributed by atoms with Crippen LogP contribution in [0.25, 0.3) is 0 Å². The Hall–Kier alpha value is -2.31. The molecule has 7 nitrogen and oxygen atoms in total. The average Bonchev–Trinajstić information content (AvgIpc) is 2.89. The van der Waals surface area contributed by atoms with Crippen LogP contribution in [0.5, 0.6) is 5.88 Å². The number of ether oxygens (including phenoxy) is 1. The van der Waals surface area contributed by atoms with E-state index in [0.29, 0.717) is 18.8 Å². The van der Waals surface area contributed by atoms with Crippen molar-refractivity contribution in [1.82, 2.24) is 15.2 Å². The van der Waals surface area contributed by atoms with Gasteiger partial charge in [-0.05, 0) is 19.4 Å². The molecule has 0 spiro atoms. The van der Waals surface area contributed by atoms with Crippen molar-refractivity contribution >= 4 is 12.0 Å². The van der Waals surface area contributed by atoms with Crippen LogP contribution in [0.3, 0.4) is 0 Å². The van der Waals surface area contributed by atoms with E-state index < -0.39 is 11.4 Å². The smallest absolute Gasteiger partial charge is 0.317 e. The van der Waals surface area contributed by atoms with Gasteiger partial charge in [0.05, 0.1) is 12.5 Å². The molecule has 1 atom stereocenters. The Bertz CT molecular complexity index is 549. The van der Waals surface area contributed by atoms with Gasteiger partial charge < -0.3 is 20.1 Å². The molecule has 1 unspecified atom stereocenters. The fraction of sp³-hybridized carbons (Fsp3) is 0.500. The Morgan fingerprint density at radius 2 is 2.33 bits per heavy atom. The number of rotatable bonds is 4. The van der Waals surface area contributed by atoms with Gasteiger partial charge in [0, 0.05) is 31.4 Å². The van der Waals surface area contributed by atoms with Gasteiger partial charge in [-0.25, -0.2) is 9.78 Å². The number of carbonyl (C=O) groups is 2. The topological polar surface area (TPSA) is 91.8 Å². The van der Waals surface area contributed by atoms with Crippen molar-refractivity contribution < 1.29 is 19.4 Å². The lowest BCUT2D eigenvalue weighted by atomic mass is 9.90. The van der Waals surface area contributed by atoms with Crippen molar-refractivity contribution in [3.05, 3.63) is 23.9 Å². The number of hydrogen-bond donors (Lipinski definition) is 2. The molecule has 0 radical (unpaired) electrons. The molecule has 114 valence electrons. The lowest BCUT2D eigenvalue weighted by molar-refractivity contribution is -0.146. The summed E-state index contributed by atoms with van der Waals surface area (Å²) in [7, 11) is 1.52. The Labute approximate surface area is 122 Å². The zero-order valence-corrected chi connectivity index (χ0v) is 12.1. The molecule has 7 heteroatoms. The first-order valence-corrected chi connectivity index (χ1v) is 6.70. The number of carboxylic acids is 1. The number of amides is 2. The summed E-state index contributed by atoms with van der Waals surface area (Å²) in [5, 5.41) is 11.9. The molecule has 2 rings (SSSR count). The molecule has 0 saturated carbocycles. The van der Waals surface area contributed by atoms with Gasteiger partial charge in [-0.2, -0.15) is 0 Å².